The highest BCUT2D eigenvalue weighted by molar-refractivity contribution is 9.08. The number of nitrogens with zero attached hydrogens (tertiary/aromatic N) is 1. The summed E-state index contributed by atoms with van der Waals surface area (Å²) in [6, 6.07) is 7.39. The molecule has 0 aliphatic heterocycles. The van der Waals surface area contributed by atoms with Gasteiger partial charge < -0.3 is 5.43 Å². The van der Waals surface area contributed by atoms with Gasteiger partial charge in [0.15, 0.2) is 0 Å². The third-order valence-electron chi connectivity index (χ3n) is 1.54. The van der Waals surface area contributed by atoms with Crippen LogP contribution >= 0.6 is 15.9 Å². The van der Waals surface area contributed by atoms with E-state index in [0.29, 0.717) is 5.56 Å². The predicted molar refractivity (Wildman–Crippen MR) is 51.6 cm³/mol. The van der Waals surface area contributed by atoms with Crippen molar-refractivity contribution < 1.29 is 0 Å². The van der Waals surface area contributed by atoms with Gasteiger partial charge in [0, 0.05) is 5.33 Å². The molecule has 0 aromatic heterocycles. The highest BCUT2D eigenvalue weighted by Crippen LogP contribution is 2.18. The number of hydrazine groups is 1. The summed E-state index contributed by atoms with van der Waals surface area (Å²) < 4.78 is 0. The fraction of sp³-hybridized carbons (Fsp3) is 0.125. The lowest BCUT2D eigenvalue weighted by molar-refractivity contribution is 1.29. The van der Waals surface area contributed by atoms with E-state index in [-0.39, 0.29) is 0 Å². The number of anilines is 1. The lowest BCUT2D eigenvalue weighted by Gasteiger charge is -2.05. The number of alkyl halides is 1. The van der Waals surface area contributed by atoms with Crippen LogP contribution in [0.15, 0.2) is 18.2 Å². The molecule has 0 aliphatic rings. The number of nitriles is 1. The zero-order valence-electron chi connectivity index (χ0n) is 6.34. The Morgan fingerprint density at radius 3 is 2.83 bits per heavy atom. The van der Waals surface area contributed by atoms with Crippen molar-refractivity contribution in [3.8, 4) is 6.07 Å². The molecule has 12 heavy (non-hydrogen) atoms. The van der Waals surface area contributed by atoms with E-state index < -0.39 is 0 Å². The van der Waals surface area contributed by atoms with E-state index in [9.17, 15) is 0 Å². The third-order valence-corrected chi connectivity index (χ3v) is 2.14. The molecule has 1 rings (SSSR count). The Morgan fingerprint density at radius 2 is 2.33 bits per heavy atom. The van der Waals surface area contributed by atoms with Gasteiger partial charge in [0.1, 0.15) is 0 Å². The minimum Gasteiger partial charge on any atom is -0.324 e. The maximum absolute atomic E-state index is 8.59. The number of hydrogen-bond acceptors (Lipinski definition) is 3. The number of halogens is 1. The lowest BCUT2D eigenvalue weighted by Crippen LogP contribution is -2.08. The number of nitrogen functional groups attached to an aromatic ring is 1. The van der Waals surface area contributed by atoms with Crippen LogP contribution in [-0.4, -0.2) is 0 Å². The van der Waals surface area contributed by atoms with Gasteiger partial charge in [-0.3, -0.25) is 5.84 Å². The topological polar surface area (TPSA) is 61.8 Å². The summed E-state index contributed by atoms with van der Waals surface area (Å²) in [6.45, 7) is 0. The molecule has 0 bridgehead atoms. The summed E-state index contributed by atoms with van der Waals surface area (Å²) in [7, 11) is 0. The fourth-order valence-electron chi connectivity index (χ4n) is 0.897. The van der Waals surface area contributed by atoms with Crippen LogP contribution in [0.25, 0.3) is 0 Å². The van der Waals surface area contributed by atoms with Crippen molar-refractivity contribution in [3.63, 3.8) is 0 Å². The Hall–Kier alpha value is -1.05. The zero-order chi connectivity index (χ0) is 8.97. The average molecular weight is 226 g/mol. The van der Waals surface area contributed by atoms with Crippen molar-refractivity contribution in [2.75, 3.05) is 5.43 Å². The summed E-state index contributed by atoms with van der Waals surface area (Å²) in [5.74, 6) is 5.27. The molecule has 0 saturated heterocycles. The molecule has 0 spiro atoms. The standard InChI is InChI=1S/C8H8BrN3/c9-4-7-2-1-6(5-10)3-8(7)12-11/h1-3,12H,4,11H2. The molecule has 0 aliphatic carbocycles. The summed E-state index contributed by atoms with van der Waals surface area (Å²) in [4.78, 5) is 0. The van der Waals surface area contributed by atoms with Gasteiger partial charge in [-0.15, -0.1) is 0 Å². The van der Waals surface area contributed by atoms with Crippen LogP contribution in [0, 0.1) is 11.3 Å². The van der Waals surface area contributed by atoms with E-state index in [1.807, 2.05) is 12.1 Å². The summed E-state index contributed by atoms with van der Waals surface area (Å²) in [5.41, 5.74) is 4.97. The molecular formula is C8H8BrN3. The van der Waals surface area contributed by atoms with E-state index in [1.54, 1.807) is 12.1 Å². The first-order valence-electron chi connectivity index (χ1n) is 3.37. The van der Waals surface area contributed by atoms with Crippen LogP contribution in [0.5, 0.6) is 0 Å². The highest BCUT2D eigenvalue weighted by atomic mass is 79.9. The van der Waals surface area contributed by atoms with Crippen LogP contribution in [0.1, 0.15) is 11.1 Å². The first-order valence-corrected chi connectivity index (χ1v) is 4.49. The molecule has 0 unspecified atom stereocenters. The Bertz CT molecular complexity index is 317. The van der Waals surface area contributed by atoms with Gasteiger partial charge in [0.25, 0.3) is 0 Å². The van der Waals surface area contributed by atoms with Crippen molar-refractivity contribution in [1.82, 2.24) is 0 Å². The molecule has 4 heteroatoms. The van der Waals surface area contributed by atoms with Crippen molar-refractivity contribution in [2.45, 2.75) is 5.33 Å². The second kappa shape index (κ2) is 4.10. The fourth-order valence-corrected chi connectivity index (χ4v) is 1.39. The number of hydrogen-bond donors (Lipinski definition) is 2. The minimum atomic E-state index is 0.604. The largest absolute Gasteiger partial charge is 0.324 e. The second-order valence-corrected chi connectivity index (χ2v) is 2.82. The van der Waals surface area contributed by atoms with E-state index in [1.165, 1.54) is 0 Å². The lowest BCUT2D eigenvalue weighted by atomic mass is 10.1. The van der Waals surface area contributed by atoms with E-state index >= 15 is 0 Å². The van der Waals surface area contributed by atoms with Crippen LogP contribution < -0.4 is 11.3 Å². The molecule has 0 heterocycles. The van der Waals surface area contributed by atoms with Gasteiger partial charge in [-0.1, -0.05) is 22.0 Å². The quantitative estimate of drug-likeness (QED) is 0.458. The zero-order valence-corrected chi connectivity index (χ0v) is 7.93. The SMILES string of the molecule is N#Cc1ccc(CBr)c(NN)c1. The van der Waals surface area contributed by atoms with Crippen molar-refractivity contribution in [1.29, 1.82) is 5.26 Å². The Kier molecular flexibility index (Phi) is 3.09. The third kappa shape index (κ3) is 1.76. The molecule has 1 aromatic carbocycles. The summed E-state index contributed by atoms with van der Waals surface area (Å²) in [6.07, 6.45) is 0. The van der Waals surface area contributed by atoms with Gasteiger partial charge >= 0.3 is 0 Å². The van der Waals surface area contributed by atoms with E-state index in [4.69, 9.17) is 11.1 Å². The molecule has 3 N–H and O–H groups in total. The minimum absolute atomic E-state index is 0.604. The predicted octanol–water partition coefficient (Wildman–Crippen LogP) is 1.74. The normalized spacial score (nSPS) is 9.08. The van der Waals surface area contributed by atoms with Crippen LogP contribution in [0.2, 0.25) is 0 Å². The highest BCUT2D eigenvalue weighted by Gasteiger charge is 2.00. The number of benzene rings is 1. The smallest absolute Gasteiger partial charge is 0.0992 e. The molecular weight excluding hydrogens is 218 g/mol. The van der Waals surface area contributed by atoms with Gasteiger partial charge in [-0.2, -0.15) is 5.26 Å². The van der Waals surface area contributed by atoms with Crippen LogP contribution in [0.4, 0.5) is 5.69 Å². The summed E-state index contributed by atoms with van der Waals surface area (Å²) >= 11 is 3.32. The first-order chi connectivity index (χ1) is 5.81. The van der Waals surface area contributed by atoms with Gasteiger partial charge in [0.05, 0.1) is 17.3 Å². The maximum atomic E-state index is 8.59. The molecule has 0 fully saturated rings. The van der Waals surface area contributed by atoms with Crippen LogP contribution in [-0.2, 0) is 5.33 Å². The molecule has 1 aromatic rings. The van der Waals surface area contributed by atoms with Gasteiger partial charge in [-0.25, -0.2) is 0 Å². The Morgan fingerprint density at radius 1 is 1.58 bits per heavy atom. The van der Waals surface area contributed by atoms with Gasteiger partial charge in [0.2, 0.25) is 0 Å². The average Bonchev–Trinajstić information content (AvgIpc) is 2.16. The number of nitrogens with two attached hydrogens (primary N) is 1. The monoisotopic (exact) mass is 225 g/mol. The molecule has 62 valence electrons. The van der Waals surface area contributed by atoms with E-state index in [2.05, 4.69) is 21.4 Å². The van der Waals surface area contributed by atoms with Crippen molar-refractivity contribution >= 4 is 21.6 Å². The van der Waals surface area contributed by atoms with Crippen molar-refractivity contribution in [2.24, 2.45) is 5.84 Å². The Balaban J connectivity index is 3.13. The Labute approximate surface area is 79.3 Å². The summed E-state index contributed by atoms with van der Waals surface area (Å²) in [5, 5.41) is 9.31. The molecule has 0 atom stereocenters. The number of nitrogens with one attached hydrogen (secondary N) is 1. The first kappa shape index (κ1) is 9.04. The molecule has 3 nitrogen and oxygen atoms in total. The number of rotatable bonds is 2. The maximum Gasteiger partial charge on any atom is 0.0992 e. The molecule has 0 saturated carbocycles. The van der Waals surface area contributed by atoms with E-state index in [0.717, 1.165) is 16.6 Å². The van der Waals surface area contributed by atoms with Crippen LogP contribution in [0.3, 0.4) is 0 Å². The second-order valence-electron chi connectivity index (χ2n) is 2.26. The van der Waals surface area contributed by atoms with Crippen molar-refractivity contribution in [3.05, 3.63) is 29.3 Å². The molecule has 0 radical (unpaired) electrons. The molecule has 0 amide bonds. The van der Waals surface area contributed by atoms with Gasteiger partial charge in [-0.05, 0) is 17.7 Å².